The van der Waals surface area contributed by atoms with Crippen molar-refractivity contribution in [2.24, 2.45) is 11.8 Å². The number of carbonyl (C=O) groups is 2. The van der Waals surface area contributed by atoms with Crippen LogP contribution in [0.3, 0.4) is 0 Å². The van der Waals surface area contributed by atoms with E-state index in [0.29, 0.717) is 19.4 Å². The highest BCUT2D eigenvalue weighted by Gasteiger charge is 2.39. The number of carboxylic acids is 1. The minimum atomic E-state index is -0.899. The molecule has 21 heavy (non-hydrogen) atoms. The number of hydrogen-bond acceptors (Lipinski definition) is 2. The summed E-state index contributed by atoms with van der Waals surface area (Å²) in [5, 5.41) is 9.46. The maximum Gasteiger partial charge on any atom is 0.326 e. The van der Waals surface area contributed by atoms with Crippen LogP contribution < -0.4 is 0 Å². The molecule has 0 saturated carbocycles. The molecule has 0 radical (unpaired) electrons. The van der Waals surface area contributed by atoms with E-state index >= 15 is 0 Å². The van der Waals surface area contributed by atoms with E-state index in [9.17, 15) is 14.7 Å². The van der Waals surface area contributed by atoms with Crippen LogP contribution in [0.2, 0.25) is 0 Å². The van der Waals surface area contributed by atoms with Crippen molar-refractivity contribution in [3.8, 4) is 0 Å². The first kappa shape index (κ1) is 15.5. The number of likely N-dealkylation sites (tertiary alicyclic amines) is 1. The number of nitrogens with zero attached hydrogens (tertiary/aromatic N) is 1. The Hall–Kier alpha value is -1.84. The van der Waals surface area contributed by atoms with Crippen molar-refractivity contribution in [1.82, 2.24) is 4.90 Å². The minimum Gasteiger partial charge on any atom is -0.480 e. The van der Waals surface area contributed by atoms with Gasteiger partial charge in [0, 0.05) is 12.5 Å². The van der Waals surface area contributed by atoms with Crippen LogP contribution in [0.1, 0.15) is 32.3 Å². The van der Waals surface area contributed by atoms with Gasteiger partial charge >= 0.3 is 5.97 Å². The third-order valence-electron chi connectivity index (χ3n) is 4.30. The number of hydrogen-bond donors (Lipinski definition) is 1. The molecule has 1 N–H and O–H groups in total. The van der Waals surface area contributed by atoms with E-state index in [1.807, 2.05) is 44.2 Å². The molecule has 0 aromatic heterocycles. The first-order chi connectivity index (χ1) is 10.0. The number of rotatable bonds is 6. The Kier molecular flexibility index (Phi) is 4.99. The van der Waals surface area contributed by atoms with Crippen LogP contribution in [0.5, 0.6) is 0 Å². The van der Waals surface area contributed by atoms with E-state index in [2.05, 4.69) is 0 Å². The van der Waals surface area contributed by atoms with Gasteiger partial charge in [-0.1, -0.05) is 44.2 Å². The number of amides is 1. The van der Waals surface area contributed by atoms with Crippen molar-refractivity contribution in [3.63, 3.8) is 0 Å². The Labute approximate surface area is 125 Å². The zero-order chi connectivity index (χ0) is 15.4. The van der Waals surface area contributed by atoms with Gasteiger partial charge in [0.15, 0.2) is 0 Å². The van der Waals surface area contributed by atoms with Crippen LogP contribution in [0.15, 0.2) is 30.3 Å². The van der Waals surface area contributed by atoms with Crippen molar-refractivity contribution >= 4 is 11.9 Å². The Morgan fingerprint density at radius 3 is 2.52 bits per heavy atom. The summed E-state index contributed by atoms with van der Waals surface area (Å²) < 4.78 is 0. The number of carbonyl (C=O) groups excluding carboxylic acids is 1. The summed E-state index contributed by atoms with van der Waals surface area (Å²) in [4.78, 5) is 25.5. The molecule has 1 aliphatic rings. The van der Waals surface area contributed by atoms with Gasteiger partial charge in [0.25, 0.3) is 0 Å². The fraction of sp³-hybridized carbons (Fsp3) is 0.529. The van der Waals surface area contributed by atoms with E-state index < -0.39 is 12.0 Å². The largest absolute Gasteiger partial charge is 0.480 e. The number of aryl methyl sites for hydroxylation is 1. The van der Waals surface area contributed by atoms with Gasteiger partial charge in [0.2, 0.25) is 5.91 Å². The molecule has 1 aliphatic heterocycles. The second kappa shape index (κ2) is 6.74. The molecule has 1 saturated heterocycles. The van der Waals surface area contributed by atoms with E-state index in [1.165, 1.54) is 0 Å². The predicted molar refractivity (Wildman–Crippen MR) is 80.8 cm³/mol. The lowest BCUT2D eigenvalue weighted by molar-refractivity contribution is -0.149. The average Bonchev–Trinajstić information content (AvgIpc) is 2.82. The molecule has 2 atom stereocenters. The highest BCUT2D eigenvalue weighted by molar-refractivity contribution is 5.86. The lowest BCUT2D eigenvalue weighted by Gasteiger charge is -2.25. The van der Waals surface area contributed by atoms with Gasteiger partial charge in [0.1, 0.15) is 6.04 Å². The maximum atomic E-state index is 12.4. The summed E-state index contributed by atoms with van der Waals surface area (Å²) >= 11 is 0. The fourth-order valence-electron chi connectivity index (χ4n) is 3.01. The first-order valence-corrected chi connectivity index (χ1v) is 7.58. The monoisotopic (exact) mass is 289 g/mol. The van der Waals surface area contributed by atoms with Gasteiger partial charge in [-0.15, -0.1) is 0 Å². The zero-order valence-electron chi connectivity index (χ0n) is 12.7. The van der Waals surface area contributed by atoms with E-state index in [1.54, 1.807) is 4.90 Å². The molecular formula is C17H23NO3. The van der Waals surface area contributed by atoms with Crippen LogP contribution in [0.4, 0.5) is 0 Å². The van der Waals surface area contributed by atoms with E-state index in [-0.39, 0.29) is 17.7 Å². The summed E-state index contributed by atoms with van der Waals surface area (Å²) in [6, 6.07) is 9.10. The summed E-state index contributed by atoms with van der Waals surface area (Å²) in [5.41, 5.74) is 1.11. The summed E-state index contributed by atoms with van der Waals surface area (Å²) in [6.45, 7) is 4.60. The molecule has 0 bridgehead atoms. The van der Waals surface area contributed by atoms with Crippen molar-refractivity contribution in [1.29, 1.82) is 0 Å². The quantitative estimate of drug-likeness (QED) is 0.875. The summed E-state index contributed by atoms with van der Waals surface area (Å²) in [6.07, 6.45) is 1.91. The molecule has 1 amide bonds. The Balaban J connectivity index is 2.03. The third kappa shape index (κ3) is 3.63. The molecule has 1 heterocycles. The molecule has 1 aromatic carbocycles. The lowest BCUT2D eigenvalue weighted by atomic mass is 9.94. The maximum absolute atomic E-state index is 12.4. The molecule has 4 nitrogen and oxygen atoms in total. The van der Waals surface area contributed by atoms with Gasteiger partial charge in [-0.2, -0.15) is 0 Å². The summed E-state index contributed by atoms with van der Waals surface area (Å²) in [7, 11) is 0. The third-order valence-corrected chi connectivity index (χ3v) is 4.30. The van der Waals surface area contributed by atoms with E-state index in [0.717, 1.165) is 12.0 Å². The van der Waals surface area contributed by atoms with Crippen LogP contribution in [-0.4, -0.2) is 34.5 Å². The number of aliphatic carboxylic acids is 1. The number of benzene rings is 1. The predicted octanol–water partition coefficient (Wildman–Crippen LogP) is 2.58. The molecule has 0 aliphatic carbocycles. The van der Waals surface area contributed by atoms with E-state index in [4.69, 9.17) is 0 Å². The molecule has 1 aromatic rings. The van der Waals surface area contributed by atoms with Crippen LogP contribution in [0, 0.1) is 11.8 Å². The zero-order valence-corrected chi connectivity index (χ0v) is 12.7. The minimum absolute atomic E-state index is 0.00506. The van der Waals surface area contributed by atoms with Crippen LogP contribution in [-0.2, 0) is 16.0 Å². The molecule has 114 valence electrons. The molecule has 2 rings (SSSR count). The standard InChI is InChI=1S/C17H23NO3/c1-12(2)14-10-11-18(16(14)19)15(17(20)21)9-8-13-6-4-3-5-7-13/h3-7,12,14-15H,8-11H2,1-2H3,(H,20,21)/t14-,15?/m1/s1. The lowest BCUT2D eigenvalue weighted by Crippen LogP contribution is -2.43. The molecule has 0 spiro atoms. The average molecular weight is 289 g/mol. The topological polar surface area (TPSA) is 57.6 Å². The van der Waals surface area contributed by atoms with Gasteiger partial charge in [-0.3, -0.25) is 4.79 Å². The van der Waals surface area contributed by atoms with Gasteiger partial charge < -0.3 is 10.0 Å². The van der Waals surface area contributed by atoms with Crippen molar-refractivity contribution in [3.05, 3.63) is 35.9 Å². The Morgan fingerprint density at radius 2 is 2.00 bits per heavy atom. The number of carboxylic acid groups (broad SMARTS) is 1. The van der Waals surface area contributed by atoms with Crippen molar-refractivity contribution < 1.29 is 14.7 Å². The Morgan fingerprint density at radius 1 is 1.33 bits per heavy atom. The molecule has 4 heteroatoms. The second-order valence-corrected chi connectivity index (χ2v) is 6.05. The SMILES string of the molecule is CC(C)[C@H]1CCN(C(CCc2ccccc2)C(=O)O)C1=O. The van der Waals surface area contributed by atoms with Gasteiger partial charge in [0.05, 0.1) is 0 Å². The normalized spacial score (nSPS) is 20.0. The van der Waals surface area contributed by atoms with Crippen LogP contribution >= 0.6 is 0 Å². The second-order valence-electron chi connectivity index (χ2n) is 6.05. The molecule has 1 fully saturated rings. The van der Waals surface area contributed by atoms with Crippen LogP contribution in [0.25, 0.3) is 0 Å². The smallest absolute Gasteiger partial charge is 0.326 e. The fourth-order valence-corrected chi connectivity index (χ4v) is 3.01. The van der Waals surface area contributed by atoms with Crippen molar-refractivity contribution in [2.45, 2.75) is 39.2 Å². The molecule has 1 unspecified atom stereocenters. The highest BCUT2D eigenvalue weighted by atomic mass is 16.4. The van der Waals surface area contributed by atoms with Gasteiger partial charge in [-0.25, -0.2) is 4.79 Å². The van der Waals surface area contributed by atoms with Gasteiger partial charge in [-0.05, 0) is 30.7 Å². The first-order valence-electron chi connectivity index (χ1n) is 7.58. The van der Waals surface area contributed by atoms with Crippen molar-refractivity contribution in [2.75, 3.05) is 6.54 Å². The molecular weight excluding hydrogens is 266 g/mol. The Bertz CT molecular complexity index is 498. The summed E-state index contributed by atoms with van der Waals surface area (Å²) in [5.74, 6) is -0.649. The highest BCUT2D eigenvalue weighted by Crippen LogP contribution is 2.28.